The predicted octanol–water partition coefficient (Wildman–Crippen LogP) is 1.96. The van der Waals surface area contributed by atoms with Crippen molar-refractivity contribution in [2.45, 2.75) is 31.6 Å². The zero-order chi connectivity index (χ0) is 12.5. The molecule has 1 aromatic rings. The van der Waals surface area contributed by atoms with Crippen molar-refractivity contribution in [3.63, 3.8) is 0 Å². The first-order valence-electron chi connectivity index (χ1n) is 5.20. The van der Waals surface area contributed by atoms with Crippen LogP contribution in [0.2, 0.25) is 0 Å². The van der Waals surface area contributed by atoms with E-state index in [1.807, 2.05) is 0 Å². The Morgan fingerprint density at radius 2 is 2.24 bits per heavy atom. The number of rotatable bonds is 5. The molecule has 1 aliphatic rings. The van der Waals surface area contributed by atoms with Gasteiger partial charge in [0, 0.05) is 23.7 Å². The van der Waals surface area contributed by atoms with Crippen LogP contribution >= 0.6 is 11.3 Å². The van der Waals surface area contributed by atoms with Gasteiger partial charge in [-0.1, -0.05) is 11.3 Å². The van der Waals surface area contributed by atoms with E-state index in [0.29, 0.717) is 5.13 Å². The summed E-state index contributed by atoms with van der Waals surface area (Å²) in [5.74, 6) is 5.17. The standard InChI is InChI=1S/C9H13F3N4S/c10-9(11,12)5-16(6-1-2-6)4-7-3-14-8(15-13)17-7/h3,6H,1-2,4-5,13H2,(H,14,15). The van der Waals surface area contributed by atoms with Gasteiger partial charge in [0.15, 0.2) is 5.13 Å². The van der Waals surface area contributed by atoms with Crippen LogP contribution in [0.5, 0.6) is 0 Å². The number of anilines is 1. The van der Waals surface area contributed by atoms with Gasteiger partial charge in [-0.3, -0.25) is 10.3 Å². The van der Waals surface area contributed by atoms with E-state index in [1.54, 1.807) is 6.20 Å². The molecule has 0 aromatic carbocycles. The van der Waals surface area contributed by atoms with Crippen LogP contribution in [0.15, 0.2) is 6.20 Å². The van der Waals surface area contributed by atoms with E-state index in [2.05, 4.69) is 10.4 Å². The van der Waals surface area contributed by atoms with Crippen molar-refractivity contribution in [3.05, 3.63) is 11.1 Å². The molecule has 1 aromatic heterocycles. The summed E-state index contributed by atoms with van der Waals surface area (Å²) >= 11 is 1.28. The number of halogens is 3. The highest BCUT2D eigenvalue weighted by Crippen LogP contribution is 2.32. The highest BCUT2D eigenvalue weighted by Gasteiger charge is 2.38. The molecule has 1 heterocycles. The molecule has 2 rings (SSSR count). The normalized spacial score (nSPS) is 16.5. The van der Waals surface area contributed by atoms with Crippen LogP contribution in [0.4, 0.5) is 18.3 Å². The van der Waals surface area contributed by atoms with E-state index in [9.17, 15) is 13.2 Å². The second-order valence-corrected chi connectivity index (χ2v) is 5.14. The Morgan fingerprint density at radius 3 is 2.71 bits per heavy atom. The Labute approximate surface area is 101 Å². The van der Waals surface area contributed by atoms with Crippen molar-refractivity contribution in [2.24, 2.45) is 5.84 Å². The summed E-state index contributed by atoms with van der Waals surface area (Å²) in [6.07, 6.45) is -0.901. The van der Waals surface area contributed by atoms with E-state index in [4.69, 9.17) is 5.84 Å². The molecule has 0 atom stereocenters. The van der Waals surface area contributed by atoms with Crippen molar-refractivity contribution in [1.29, 1.82) is 0 Å². The van der Waals surface area contributed by atoms with Gasteiger partial charge in [-0.15, -0.1) is 0 Å². The quantitative estimate of drug-likeness (QED) is 0.632. The van der Waals surface area contributed by atoms with Gasteiger partial charge in [-0.05, 0) is 12.8 Å². The van der Waals surface area contributed by atoms with Crippen molar-refractivity contribution in [3.8, 4) is 0 Å². The Kier molecular flexibility index (Phi) is 3.55. The molecule has 8 heteroatoms. The van der Waals surface area contributed by atoms with Crippen molar-refractivity contribution in [2.75, 3.05) is 12.0 Å². The summed E-state index contributed by atoms with van der Waals surface area (Å²) in [5.41, 5.74) is 2.38. The summed E-state index contributed by atoms with van der Waals surface area (Å²) in [5, 5.41) is 0.516. The van der Waals surface area contributed by atoms with E-state index >= 15 is 0 Å². The number of hydrogen-bond acceptors (Lipinski definition) is 5. The van der Waals surface area contributed by atoms with Crippen molar-refractivity contribution < 1.29 is 13.2 Å². The lowest BCUT2D eigenvalue weighted by atomic mass is 10.4. The maximum absolute atomic E-state index is 12.4. The second kappa shape index (κ2) is 4.79. The van der Waals surface area contributed by atoms with Crippen LogP contribution in [0.25, 0.3) is 0 Å². The molecule has 1 saturated carbocycles. The SMILES string of the molecule is NNc1ncc(CN(CC(F)(F)F)C2CC2)s1. The maximum Gasteiger partial charge on any atom is 0.401 e. The van der Waals surface area contributed by atoms with Crippen LogP contribution in [0, 0.1) is 0 Å². The van der Waals surface area contributed by atoms with E-state index in [0.717, 1.165) is 17.7 Å². The molecule has 0 aliphatic heterocycles. The van der Waals surface area contributed by atoms with Crippen LogP contribution in [-0.2, 0) is 6.54 Å². The molecule has 0 amide bonds. The van der Waals surface area contributed by atoms with Gasteiger partial charge < -0.3 is 0 Å². The number of nitrogens with one attached hydrogen (secondary N) is 1. The summed E-state index contributed by atoms with van der Waals surface area (Å²) in [6, 6.07) is 0.0630. The fourth-order valence-corrected chi connectivity index (χ4v) is 2.38. The van der Waals surface area contributed by atoms with Crippen molar-refractivity contribution in [1.82, 2.24) is 9.88 Å². The first-order chi connectivity index (χ1) is 7.98. The molecular formula is C9H13F3N4S. The lowest BCUT2D eigenvalue weighted by Crippen LogP contribution is -2.35. The lowest BCUT2D eigenvalue weighted by molar-refractivity contribution is -0.148. The zero-order valence-corrected chi connectivity index (χ0v) is 9.81. The molecule has 0 spiro atoms. The van der Waals surface area contributed by atoms with Gasteiger partial charge in [0.1, 0.15) is 0 Å². The third-order valence-electron chi connectivity index (χ3n) is 2.48. The summed E-state index contributed by atoms with van der Waals surface area (Å²) in [4.78, 5) is 6.18. The number of thiazole rings is 1. The van der Waals surface area contributed by atoms with Crippen LogP contribution in [0.3, 0.4) is 0 Å². The molecular weight excluding hydrogens is 253 g/mol. The Morgan fingerprint density at radius 1 is 1.53 bits per heavy atom. The molecule has 0 bridgehead atoms. The van der Waals surface area contributed by atoms with Crippen molar-refractivity contribution >= 4 is 16.5 Å². The fraction of sp³-hybridized carbons (Fsp3) is 0.667. The Balaban J connectivity index is 1.97. The minimum absolute atomic E-state index is 0.0630. The predicted molar refractivity (Wildman–Crippen MR) is 59.4 cm³/mol. The molecule has 0 saturated heterocycles. The number of nitrogens with two attached hydrogens (primary N) is 1. The van der Waals surface area contributed by atoms with Gasteiger partial charge in [0.2, 0.25) is 0 Å². The largest absolute Gasteiger partial charge is 0.401 e. The van der Waals surface area contributed by atoms with Crippen LogP contribution in [-0.4, -0.2) is 28.6 Å². The summed E-state index contributed by atoms with van der Waals surface area (Å²) in [7, 11) is 0. The topological polar surface area (TPSA) is 54.2 Å². The second-order valence-electron chi connectivity index (χ2n) is 4.03. The number of nitrogen functional groups attached to an aromatic ring is 1. The van der Waals surface area contributed by atoms with E-state index in [-0.39, 0.29) is 12.6 Å². The lowest BCUT2D eigenvalue weighted by Gasteiger charge is -2.22. The minimum Gasteiger partial charge on any atom is -0.300 e. The smallest absolute Gasteiger partial charge is 0.300 e. The van der Waals surface area contributed by atoms with Gasteiger partial charge in [-0.25, -0.2) is 10.8 Å². The first kappa shape index (κ1) is 12.6. The number of hydrogen-bond donors (Lipinski definition) is 2. The third kappa shape index (κ3) is 3.83. The third-order valence-corrected chi connectivity index (χ3v) is 3.39. The molecule has 3 N–H and O–H groups in total. The van der Waals surface area contributed by atoms with Crippen LogP contribution < -0.4 is 11.3 Å². The highest BCUT2D eigenvalue weighted by molar-refractivity contribution is 7.15. The van der Waals surface area contributed by atoms with Gasteiger partial charge in [0.25, 0.3) is 0 Å². The molecule has 17 heavy (non-hydrogen) atoms. The fourth-order valence-electron chi connectivity index (χ4n) is 1.63. The molecule has 0 radical (unpaired) electrons. The first-order valence-corrected chi connectivity index (χ1v) is 6.02. The average molecular weight is 266 g/mol. The van der Waals surface area contributed by atoms with Crippen LogP contribution in [0.1, 0.15) is 17.7 Å². The van der Waals surface area contributed by atoms with E-state index < -0.39 is 12.7 Å². The molecule has 4 nitrogen and oxygen atoms in total. The number of hydrazine groups is 1. The monoisotopic (exact) mass is 266 g/mol. The zero-order valence-electron chi connectivity index (χ0n) is 9.00. The number of alkyl halides is 3. The average Bonchev–Trinajstić information content (AvgIpc) is 2.97. The Hall–Kier alpha value is -0.860. The van der Waals surface area contributed by atoms with Gasteiger partial charge >= 0.3 is 6.18 Å². The molecule has 96 valence electrons. The van der Waals surface area contributed by atoms with E-state index in [1.165, 1.54) is 16.2 Å². The Bertz CT molecular complexity index is 375. The highest BCUT2D eigenvalue weighted by atomic mass is 32.1. The molecule has 0 unspecified atom stereocenters. The minimum atomic E-state index is -4.15. The maximum atomic E-state index is 12.4. The summed E-state index contributed by atoms with van der Waals surface area (Å²) in [6.45, 7) is -0.579. The summed E-state index contributed by atoms with van der Waals surface area (Å²) < 4.78 is 37.1. The number of nitrogens with zero attached hydrogens (tertiary/aromatic N) is 2. The van der Waals surface area contributed by atoms with Gasteiger partial charge in [-0.2, -0.15) is 13.2 Å². The number of aromatic nitrogens is 1. The van der Waals surface area contributed by atoms with Gasteiger partial charge in [0.05, 0.1) is 6.54 Å². The molecule has 1 aliphatic carbocycles. The molecule has 1 fully saturated rings.